The molecule has 0 spiro atoms. The quantitative estimate of drug-likeness (QED) is 0.696. The van der Waals surface area contributed by atoms with Gasteiger partial charge in [-0.2, -0.15) is 0 Å². The van der Waals surface area contributed by atoms with Crippen LogP contribution in [0, 0.1) is 6.92 Å². The van der Waals surface area contributed by atoms with Crippen LogP contribution in [0.2, 0.25) is 0 Å². The van der Waals surface area contributed by atoms with E-state index in [1.165, 1.54) is 21.7 Å². The van der Waals surface area contributed by atoms with E-state index >= 15 is 0 Å². The number of carbonyl (C=O) groups is 1. The van der Waals surface area contributed by atoms with Gasteiger partial charge in [0.15, 0.2) is 0 Å². The van der Waals surface area contributed by atoms with E-state index in [1.807, 2.05) is 11.0 Å². The molecule has 2 aromatic heterocycles. The minimum absolute atomic E-state index is 0.155. The molecule has 0 saturated carbocycles. The molecular weight excluding hydrogens is 370 g/mol. The van der Waals surface area contributed by atoms with Crippen LogP contribution in [0.4, 0.5) is 5.82 Å². The molecule has 1 aliphatic rings. The maximum Gasteiger partial charge on any atom is 0.236 e. The van der Waals surface area contributed by atoms with Crippen molar-refractivity contribution in [2.45, 2.75) is 13.3 Å². The molecule has 0 radical (unpaired) electrons. The van der Waals surface area contributed by atoms with E-state index in [-0.39, 0.29) is 5.91 Å². The van der Waals surface area contributed by atoms with Gasteiger partial charge in [-0.15, -0.1) is 11.3 Å². The highest BCUT2D eigenvalue weighted by atomic mass is 32.1. The normalized spacial score (nSPS) is 15.4. The molecular formula is C21H23N5OS. The lowest BCUT2D eigenvalue weighted by molar-refractivity contribution is -0.131. The summed E-state index contributed by atoms with van der Waals surface area (Å²) in [5, 5.41) is 3.99. The van der Waals surface area contributed by atoms with Gasteiger partial charge in [-0.3, -0.25) is 4.79 Å². The molecule has 1 amide bonds. The number of hydrogen-bond acceptors (Lipinski definition) is 6. The van der Waals surface area contributed by atoms with E-state index in [1.54, 1.807) is 11.3 Å². The first-order valence-electron chi connectivity index (χ1n) is 9.33. The lowest BCUT2D eigenvalue weighted by Crippen LogP contribution is -2.47. The second kappa shape index (κ2) is 8.08. The van der Waals surface area contributed by atoms with Crippen LogP contribution >= 0.6 is 11.3 Å². The summed E-state index contributed by atoms with van der Waals surface area (Å²) in [4.78, 5) is 24.9. The van der Waals surface area contributed by atoms with Gasteiger partial charge in [0.05, 0.1) is 12.1 Å². The fourth-order valence-corrected chi connectivity index (χ4v) is 4.29. The molecule has 1 aromatic carbocycles. The highest BCUT2D eigenvalue weighted by Gasteiger charge is 2.17. The van der Waals surface area contributed by atoms with Crippen molar-refractivity contribution in [2.24, 2.45) is 0 Å². The van der Waals surface area contributed by atoms with E-state index in [0.29, 0.717) is 18.9 Å². The molecule has 0 aliphatic carbocycles. The summed E-state index contributed by atoms with van der Waals surface area (Å²) in [5.74, 6) is 0.653. The number of aryl methyl sites for hydroxylation is 1. The van der Waals surface area contributed by atoms with Gasteiger partial charge in [0.25, 0.3) is 0 Å². The Hall–Kier alpha value is -2.77. The molecule has 3 heterocycles. The van der Waals surface area contributed by atoms with Crippen molar-refractivity contribution < 1.29 is 4.79 Å². The molecule has 0 bridgehead atoms. The van der Waals surface area contributed by atoms with Gasteiger partial charge in [-0.1, -0.05) is 12.1 Å². The average Bonchev–Trinajstić information content (AvgIpc) is 3.12. The number of piperazine rings is 1. The van der Waals surface area contributed by atoms with Gasteiger partial charge < -0.3 is 16.0 Å². The zero-order chi connectivity index (χ0) is 19.5. The maximum absolute atomic E-state index is 12.1. The van der Waals surface area contributed by atoms with Gasteiger partial charge in [-0.25, -0.2) is 9.97 Å². The Labute approximate surface area is 168 Å². The highest BCUT2D eigenvalue weighted by Crippen LogP contribution is 2.28. The molecule has 0 unspecified atom stereocenters. The molecule has 28 heavy (non-hydrogen) atoms. The Morgan fingerprint density at radius 3 is 3.00 bits per heavy atom. The van der Waals surface area contributed by atoms with Gasteiger partial charge >= 0.3 is 0 Å². The number of nitrogens with zero attached hydrogens (tertiary/aromatic N) is 3. The maximum atomic E-state index is 12.1. The van der Waals surface area contributed by atoms with Crippen molar-refractivity contribution in [1.82, 2.24) is 20.2 Å². The zero-order valence-electron chi connectivity index (χ0n) is 15.8. The number of nitrogens with two attached hydrogens (primary N) is 1. The second-order valence-electron chi connectivity index (χ2n) is 6.94. The molecule has 3 N–H and O–H groups in total. The van der Waals surface area contributed by atoms with Crippen LogP contribution in [0.1, 0.15) is 15.3 Å². The number of nitrogens with one attached hydrogen (secondary N) is 1. The van der Waals surface area contributed by atoms with Crippen LogP contribution in [-0.2, 0) is 11.2 Å². The number of rotatable bonds is 5. The monoisotopic (exact) mass is 393 g/mol. The van der Waals surface area contributed by atoms with E-state index in [4.69, 9.17) is 5.73 Å². The second-order valence-corrected chi connectivity index (χ2v) is 8.23. The Bertz CT molecular complexity index is 1040. The summed E-state index contributed by atoms with van der Waals surface area (Å²) in [6, 6.07) is 10.4. The molecule has 3 aromatic rings. The molecule has 7 heteroatoms. The first-order chi connectivity index (χ1) is 13.6. The summed E-state index contributed by atoms with van der Waals surface area (Å²) in [7, 11) is 0. The molecule has 4 rings (SSSR count). The van der Waals surface area contributed by atoms with Crippen LogP contribution < -0.4 is 11.1 Å². The van der Waals surface area contributed by atoms with Crippen molar-refractivity contribution in [3.8, 4) is 0 Å². The number of carbonyl (C=O) groups excluding carboxylic acids is 1. The van der Waals surface area contributed by atoms with Crippen molar-refractivity contribution in [2.75, 3.05) is 31.9 Å². The van der Waals surface area contributed by atoms with Crippen LogP contribution in [0.15, 0.2) is 42.7 Å². The summed E-state index contributed by atoms with van der Waals surface area (Å²) < 4.78 is 0. The van der Waals surface area contributed by atoms with E-state index in [0.717, 1.165) is 36.0 Å². The van der Waals surface area contributed by atoms with E-state index in [9.17, 15) is 4.79 Å². The van der Waals surface area contributed by atoms with Gasteiger partial charge in [0.1, 0.15) is 12.1 Å². The minimum atomic E-state index is 0.155. The third-order valence-corrected chi connectivity index (χ3v) is 6.00. The number of aromatic nitrogens is 2. The summed E-state index contributed by atoms with van der Waals surface area (Å²) in [6.07, 6.45) is 4.46. The summed E-state index contributed by atoms with van der Waals surface area (Å²) >= 11 is 1.78. The number of amides is 1. The Morgan fingerprint density at radius 2 is 2.21 bits per heavy atom. The van der Waals surface area contributed by atoms with E-state index in [2.05, 4.69) is 52.5 Å². The molecule has 6 nitrogen and oxygen atoms in total. The third kappa shape index (κ3) is 4.05. The predicted molar refractivity (Wildman–Crippen MR) is 114 cm³/mol. The van der Waals surface area contributed by atoms with Crippen molar-refractivity contribution in [3.05, 3.63) is 58.1 Å². The summed E-state index contributed by atoms with van der Waals surface area (Å²) in [6.45, 7) is 4.76. The molecule has 1 saturated heterocycles. The highest BCUT2D eigenvalue weighted by molar-refractivity contribution is 7.13. The number of hydrogen-bond donors (Lipinski definition) is 2. The van der Waals surface area contributed by atoms with Crippen molar-refractivity contribution >= 4 is 39.5 Å². The number of thiophene rings is 1. The lowest BCUT2D eigenvalue weighted by atomic mass is 10.0. The fraction of sp³-hybridized carbons (Fsp3) is 0.286. The van der Waals surface area contributed by atoms with Gasteiger partial charge in [0.2, 0.25) is 5.91 Å². The SMILES string of the molecule is Cc1ccc(C(=CCN2CCNCC2=O)Cc2ccc3c(N)ncnc3c2)s1. The number of allylic oxidation sites excluding steroid dienone is 1. The smallest absolute Gasteiger partial charge is 0.236 e. The zero-order valence-corrected chi connectivity index (χ0v) is 16.6. The fourth-order valence-electron chi connectivity index (χ4n) is 3.38. The standard InChI is InChI=1S/C21H23N5OS/c1-14-2-5-19(28-14)16(6-8-26-9-7-23-12-20(26)27)10-15-3-4-17-18(11-15)24-13-25-21(17)22/h2-6,11,13,23H,7-10,12H2,1H3,(H2,22,24,25). The minimum Gasteiger partial charge on any atom is -0.383 e. The molecule has 1 fully saturated rings. The third-order valence-electron chi connectivity index (χ3n) is 4.93. The first-order valence-corrected chi connectivity index (χ1v) is 10.2. The van der Waals surface area contributed by atoms with Crippen molar-refractivity contribution in [1.29, 1.82) is 0 Å². The van der Waals surface area contributed by atoms with Crippen LogP contribution in [0.3, 0.4) is 0 Å². The number of anilines is 1. The first kappa shape index (κ1) is 18.6. The number of benzene rings is 1. The Morgan fingerprint density at radius 1 is 1.32 bits per heavy atom. The predicted octanol–water partition coefficient (Wildman–Crippen LogP) is 2.64. The lowest BCUT2D eigenvalue weighted by Gasteiger charge is -2.26. The Balaban J connectivity index is 1.62. The topological polar surface area (TPSA) is 84.1 Å². The van der Waals surface area contributed by atoms with E-state index < -0.39 is 0 Å². The number of fused-ring (bicyclic) bond motifs is 1. The summed E-state index contributed by atoms with van der Waals surface area (Å²) in [5.41, 5.74) is 9.18. The van der Waals surface area contributed by atoms with Crippen LogP contribution in [0.5, 0.6) is 0 Å². The molecule has 144 valence electrons. The number of nitrogen functional groups attached to an aromatic ring is 1. The van der Waals surface area contributed by atoms with Crippen LogP contribution in [-0.4, -0.2) is 47.0 Å². The molecule has 0 atom stereocenters. The largest absolute Gasteiger partial charge is 0.383 e. The molecule has 1 aliphatic heterocycles. The van der Waals surface area contributed by atoms with Gasteiger partial charge in [-0.05, 0) is 48.7 Å². The van der Waals surface area contributed by atoms with Crippen molar-refractivity contribution in [3.63, 3.8) is 0 Å². The van der Waals surface area contributed by atoms with Crippen LogP contribution in [0.25, 0.3) is 16.5 Å². The van der Waals surface area contributed by atoms with Gasteiger partial charge in [0, 0.05) is 34.8 Å². The Kier molecular flexibility index (Phi) is 5.36. The average molecular weight is 394 g/mol.